The SMILES string of the molecule is COC(=O)c1c(-c2ccccc2)c2cc(C(=O)N(C)C)ccc2c(=O)n1Cc1ccc(C(=O)O)cc1. The van der Waals surface area contributed by atoms with Gasteiger partial charge in [0.1, 0.15) is 5.69 Å². The normalized spacial score (nSPS) is 10.8. The van der Waals surface area contributed by atoms with Crippen LogP contribution in [0.1, 0.15) is 36.8 Å². The Bertz CT molecular complexity index is 1540. The van der Waals surface area contributed by atoms with Crippen LogP contribution in [-0.2, 0) is 11.3 Å². The van der Waals surface area contributed by atoms with E-state index in [4.69, 9.17) is 4.74 Å². The monoisotopic (exact) mass is 484 g/mol. The third kappa shape index (κ3) is 4.48. The minimum absolute atomic E-state index is 0.0112. The van der Waals surface area contributed by atoms with Crippen LogP contribution in [0.4, 0.5) is 0 Å². The molecule has 0 spiro atoms. The molecular weight excluding hydrogens is 460 g/mol. The second-order valence-electron chi connectivity index (χ2n) is 8.43. The van der Waals surface area contributed by atoms with Crippen molar-refractivity contribution in [1.82, 2.24) is 9.47 Å². The summed E-state index contributed by atoms with van der Waals surface area (Å²) in [6.07, 6.45) is 0. The number of pyridine rings is 1. The van der Waals surface area contributed by atoms with Crippen LogP contribution in [0, 0.1) is 0 Å². The molecule has 0 fully saturated rings. The summed E-state index contributed by atoms with van der Waals surface area (Å²) < 4.78 is 6.43. The third-order valence-corrected chi connectivity index (χ3v) is 5.91. The van der Waals surface area contributed by atoms with Crippen molar-refractivity contribution in [2.75, 3.05) is 21.2 Å². The molecule has 1 N–H and O–H groups in total. The number of benzene rings is 3. The van der Waals surface area contributed by atoms with Crippen LogP contribution in [0.2, 0.25) is 0 Å². The molecule has 0 aliphatic rings. The first-order chi connectivity index (χ1) is 17.2. The third-order valence-electron chi connectivity index (χ3n) is 5.91. The van der Waals surface area contributed by atoms with Gasteiger partial charge in [-0.3, -0.25) is 14.2 Å². The van der Waals surface area contributed by atoms with Gasteiger partial charge in [-0.15, -0.1) is 0 Å². The number of carboxylic acid groups (broad SMARTS) is 1. The van der Waals surface area contributed by atoms with Crippen LogP contribution < -0.4 is 5.56 Å². The number of carbonyl (C=O) groups is 3. The Hall–Kier alpha value is -4.72. The van der Waals surface area contributed by atoms with Crippen molar-refractivity contribution >= 4 is 28.6 Å². The summed E-state index contributed by atoms with van der Waals surface area (Å²) in [5, 5.41) is 9.98. The predicted octanol–water partition coefficient (Wildman–Crippen LogP) is 3.90. The molecule has 0 aliphatic carbocycles. The summed E-state index contributed by atoms with van der Waals surface area (Å²) in [4.78, 5) is 52.2. The summed E-state index contributed by atoms with van der Waals surface area (Å²) in [6, 6.07) is 20.0. The Morgan fingerprint density at radius 3 is 2.11 bits per heavy atom. The van der Waals surface area contributed by atoms with Crippen molar-refractivity contribution in [1.29, 1.82) is 0 Å². The number of carbonyl (C=O) groups excluding carboxylic acids is 2. The summed E-state index contributed by atoms with van der Waals surface area (Å²) in [5.41, 5.74) is 1.86. The van der Waals surface area contributed by atoms with Gasteiger partial charge in [0.2, 0.25) is 0 Å². The van der Waals surface area contributed by atoms with E-state index in [9.17, 15) is 24.3 Å². The molecule has 3 aromatic carbocycles. The lowest BCUT2D eigenvalue weighted by Crippen LogP contribution is -2.29. The van der Waals surface area contributed by atoms with Crippen LogP contribution in [0.5, 0.6) is 0 Å². The van der Waals surface area contributed by atoms with Crippen LogP contribution >= 0.6 is 0 Å². The molecule has 0 radical (unpaired) electrons. The topological polar surface area (TPSA) is 106 Å². The van der Waals surface area contributed by atoms with E-state index in [0.717, 1.165) is 0 Å². The molecule has 36 heavy (non-hydrogen) atoms. The highest BCUT2D eigenvalue weighted by Gasteiger charge is 2.25. The number of carboxylic acids is 1. The number of aromatic carboxylic acids is 1. The van der Waals surface area contributed by atoms with Gasteiger partial charge in [-0.25, -0.2) is 9.59 Å². The Morgan fingerprint density at radius 1 is 0.889 bits per heavy atom. The largest absolute Gasteiger partial charge is 0.478 e. The lowest BCUT2D eigenvalue weighted by Gasteiger charge is -2.20. The molecule has 0 aliphatic heterocycles. The molecule has 1 aromatic heterocycles. The fourth-order valence-corrected chi connectivity index (χ4v) is 4.13. The maximum atomic E-state index is 13.7. The van der Waals surface area contributed by atoms with E-state index in [1.165, 1.54) is 28.7 Å². The quantitative estimate of drug-likeness (QED) is 0.416. The van der Waals surface area contributed by atoms with Crippen molar-refractivity contribution in [3.63, 3.8) is 0 Å². The van der Waals surface area contributed by atoms with Gasteiger partial charge in [-0.05, 0) is 46.8 Å². The van der Waals surface area contributed by atoms with Gasteiger partial charge in [0.15, 0.2) is 0 Å². The molecule has 4 rings (SSSR count). The fraction of sp³-hybridized carbons (Fsp3) is 0.143. The van der Waals surface area contributed by atoms with Crippen LogP contribution in [0.15, 0.2) is 77.6 Å². The average molecular weight is 485 g/mol. The Labute approximate surface area is 207 Å². The number of nitrogens with zero attached hydrogens (tertiary/aromatic N) is 2. The van der Waals surface area contributed by atoms with Crippen molar-refractivity contribution in [2.45, 2.75) is 6.54 Å². The highest BCUT2D eigenvalue weighted by Crippen LogP contribution is 2.32. The first kappa shape index (κ1) is 24.4. The zero-order valence-corrected chi connectivity index (χ0v) is 20.0. The molecule has 8 nitrogen and oxygen atoms in total. The summed E-state index contributed by atoms with van der Waals surface area (Å²) in [5.74, 6) is -2.01. The van der Waals surface area contributed by atoms with Gasteiger partial charge in [0, 0.05) is 30.6 Å². The highest BCUT2D eigenvalue weighted by atomic mass is 16.5. The zero-order valence-electron chi connectivity index (χ0n) is 20.0. The molecule has 1 heterocycles. The predicted molar refractivity (Wildman–Crippen MR) is 136 cm³/mol. The fourth-order valence-electron chi connectivity index (χ4n) is 4.13. The van der Waals surface area contributed by atoms with Crippen molar-refractivity contribution in [3.05, 3.63) is 106 Å². The number of methoxy groups -OCH3 is 1. The summed E-state index contributed by atoms with van der Waals surface area (Å²) >= 11 is 0. The zero-order chi connectivity index (χ0) is 26.0. The second kappa shape index (κ2) is 9.87. The van der Waals surface area contributed by atoms with Crippen molar-refractivity contribution in [3.8, 4) is 11.1 Å². The number of esters is 1. The first-order valence-electron chi connectivity index (χ1n) is 11.1. The number of amides is 1. The minimum Gasteiger partial charge on any atom is -0.478 e. The van der Waals surface area contributed by atoms with E-state index in [-0.39, 0.29) is 23.7 Å². The number of fused-ring (bicyclic) bond motifs is 1. The molecule has 0 saturated heterocycles. The molecule has 0 atom stereocenters. The lowest BCUT2D eigenvalue weighted by atomic mass is 9.94. The standard InChI is InChI=1S/C28H24N2O6/c1-29(2)25(31)20-13-14-21-22(15-20)23(18-7-5-4-6-8-18)24(28(35)36-3)30(26(21)32)16-17-9-11-19(12-10-17)27(33)34/h4-15H,16H2,1-3H3,(H,33,34). The Balaban J connectivity index is 2.06. The molecule has 4 aromatic rings. The first-order valence-corrected chi connectivity index (χ1v) is 11.1. The number of ether oxygens (including phenoxy) is 1. The van der Waals surface area contributed by atoms with Gasteiger partial charge in [-0.2, -0.15) is 0 Å². The van der Waals surface area contributed by atoms with E-state index in [1.807, 2.05) is 30.3 Å². The van der Waals surface area contributed by atoms with Gasteiger partial charge in [0.05, 0.1) is 19.2 Å². The molecule has 182 valence electrons. The van der Waals surface area contributed by atoms with E-state index >= 15 is 0 Å². The molecule has 0 bridgehead atoms. The molecule has 0 unspecified atom stereocenters. The van der Waals surface area contributed by atoms with Crippen molar-refractivity contribution in [2.24, 2.45) is 0 Å². The summed E-state index contributed by atoms with van der Waals surface area (Å²) in [7, 11) is 4.51. The molecule has 1 amide bonds. The van der Waals surface area contributed by atoms with Gasteiger partial charge < -0.3 is 14.7 Å². The molecule has 0 saturated carbocycles. The van der Waals surface area contributed by atoms with E-state index < -0.39 is 17.5 Å². The number of rotatable bonds is 6. The maximum absolute atomic E-state index is 13.7. The van der Waals surface area contributed by atoms with E-state index in [2.05, 4.69) is 0 Å². The smallest absolute Gasteiger partial charge is 0.355 e. The Kier molecular flexibility index (Phi) is 6.69. The van der Waals surface area contributed by atoms with E-state index in [0.29, 0.717) is 33.0 Å². The van der Waals surface area contributed by atoms with Crippen molar-refractivity contribution < 1.29 is 24.2 Å². The Morgan fingerprint density at radius 2 is 1.53 bits per heavy atom. The van der Waals surface area contributed by atoms with Gasteiger partial charge >= 0.3 is 11.9 Å². The lowest BCUT2D eigenvalue weighted by molar-refractivity contribution is 0.0587. The molecule has 8 heteroatoms. The highest BCUT2D eigenvalue weighted by molar-refractivity contribution is 6.09. The van der Waals surface area contributed by atoms with Crippen LogP contribution in [0.25, 0.3) is 21.9 Å². The molecular formula is C28H24N2O6. The minimum atomic E-state index is -1.06. The second-order valence-corrected chi connectivity index (χ2v) is 8.43. The summed E-state index contributed by atoms with van der Waals surface area (Å²) in [6.45, 7) is 0.0112. The maximum Gasteiger partial charge on any atom is 0.355 e. The van der Waals surface area contributed by atoms with Crippen LogP contribution in [0.3, 0.4) is 0 Å². The van der Waals surface area contributed by atoms with Crippen LogP contribution in [-0.4, -0.2) is 53.6 Å². The number of hydrogen-bond acceptors (Lipinski definition) is 5. The number of hydrogen-bond donors (Lipinski definition) is 1. The van der Waals surface area contributed by atoms with Gasteiger partial charge in [-0.1, -0.05) is 42.5 Å². The van der Waals surface area contributed by atoms with E-state index in [1.54, 1.807) is 44.4 Å². The van der Waals surface area contributed by atoms with Gasteiger partial charge in [0.25, 0.3) is 11.5 Å². The number of aromatic nitrogens is 1. The average Bonchev–Trinajstić information content (AvgIpc) is 2.89.